The Morgan fingerprint density at radius 2 is 1.89 bits per heavy atom. The highest BCUT2D eigenvalue weighted by atomic mass is 16.5. The van der Waals surface area contributed by atoms with Crippen LogP contribution in [0.1, 0.15) is 42.7 Å². The van der Waals surface area contributed by atoms with Crippen molar-refractivity contribution in [1.82, 2.24) is 0 Å². The smallest absolute Gasteiger partial charge is 0.0991 e. The Morgan fingerprint density at radius 3 is 2.44 bits per heavy atom. The standard InChI is InChI=1S/C16H19NO/c1-2-18-12-14-5-9-16(10-6-14)15-7-3-13(11-17)4-8-15/h2-4,7-8,14,16H,1,5-6,9-10,12H2. The van der Waals surface area contributed by atoms with Crippen LogP contribution in [0.25, 0.3) is 0 Å². The van der Waals surface area contributed by atoms with Gasteiger partial charge < -0.3 is 4.74 Å². The van der Waals surface area contributed by atoms with Crippen molar-refractivity contribution in [3.8, 4) is 6.07 Å². The van der Waals surface area contributed by atoms with Crippen LogP contribution in [0, 0.1) is 17.2 Å². The van der Waals surface area contributed by atoms with E-state index in [2.05, 4.69) is 24.8 Å². The third-order valence-corrected chi connectivity index (χ3v) is 3.81. The summed E-state index contributed by atoms with van der Waals surface area (Å²) in [5.74, 6) is 1.33. The molecule has 0 bridgehead atoms. The maximum absolute atomic E-state index is 8.78. The fraction of sp³-hybridized carbons (Fsp3) is 0.438. The Balaban J connectivity index is 1.88. The van der Waals surface area contributed by atoms with Crippen molar-refractivity contribution < 1.29 is 4.74 Å². The van der Waals surface area contributed by atoms with Gasteiger partial charge in [-0.15, -0.1) is 0 Å². The first-order valence-corrected chi connectivity index (χ1v) is 6.56. The second kappa shape index (κ2) is 6.26. The minimum absolute atomic E-state index is 0.651. The fourth-order valence-electron chi connectivity index (χ4n) is 2.70. The molecule has 1 saturated carbocycles. The molecule has 0 aromatic heterocycles. The first-order chi connectivity index (χ1) is 8.83. The van der Waals surface area contributed by atoms with Crippen LogP contribution in [-0.2, 0) is 4.74 Å². The average Bonchev–Trinajstić information content (AvgIpc) is 2.46. The van der Waals surface area contributed by atoms with Crippen molar-refractivity contribution in [2.45, 2.75) is 31.6 Å². The van der Waals surface area contributed by atoms with Crippen molar-refractivity contribution >= 4 is 0 Å². The van der Waals surface area contributed by atoms with E-state index in [1.54, 1.807) is 0 Å². The van der Waals surface area contributed by atoms with Crippen LogP contribution in [0.15, 0.2) is 37.1 Å². The van der Waals surface area contributed by atoms with Gasteiger partial charge in [-0.1, -0.05) is 18.7 Å². The van der Waals surface area contributed by atoms with E-state index in [-0.39, 0.29) is 0 Å². The zero-order chi connectivity index (χ0) is 12.8. The van der Waals surface area contributed by atoms with Crippen molar-refractivity contribution in [2.24, 2.45) is 5.92 Å². The monoisotopic (exact) mass is 241 g/mol. The molecule has 94 valence electrons. The van der Waals surface area contributed by atoms with Gasteiger partial charge in [-0.25, -0.2) is 0 Å². The van der Waals surface area contributed by atoms with Crippen LogP contribution in [-0.4, -0.2) is 6.61 Å². The Kier molecular flexibility index (Phi) is 4.41. The average molecular weight is 241 g/mol. The van der Waals surface area contributed by atoms with Crippen LogP contribution in [0.3, 0.4) is 0 Å². The third kappa shape index (κ3) is 3.13. The zero-order valence-corrected chi connectivity index (χ0v) is 10.6. The molecule has 0 N–H and O–H groups in total. The van der Waals surface area contributed by atoms with Gasteiger partial charge in [0.1, 0.15) is 0 Å². The summed E-state index contributed by atoms with van der Waals surface area (Å²) in [6.45, 7) is 4.38. The lowest BCUT2D eigenvalue weighted by molar-refractivity contribution is 0.160. The summed E-state index contributed by atoms with van der Waals surface area (Å²) in [4.78, 5) is 0. The second-order valence-electron chi connectivity index (χ2n) is 4.95. The molecule has 1 aromatic carbocycles. The molecule has 1 aromatic rings. The van der Waals surface area contributed by atoms with E-state index in [4.69, 9.17) is 10.00 Å². The van der Waals surface area contributed by atoms with Crippen LogP contribution >= 0.6 is 0 Å². The molecule has 0 radical (unpaired) electrons. The number of nitriles is 1. The van der Waals surface area contributed by atoms with Gasteiger partial charge in [0, 0.05) is 0 Å². The molecule has 1 aliphatic rings. The summed E-state index contributed by atoms with van der Waals surface area (Å²) in [5.41, 5.74) is 2.11. The molecule has 1 aliphatic carbocycles. The van der Waals surface area contributed by atoms with Gasteiger partial charge >= 0.3 is 0 Å². The Labute approximate surface area is 109 Å². The maximum atomic E-state index is 8.78. The normalized spacial score (nSPS) is 23.1. The molecule has 0 unspecified atom stereocenters. The van der Waals surface area contributed by atoms with Crippen LogP contribution < -0.4 is 0 Å². The number of rotatable bonds is 4. The lowest BCUT2D eigenvalue weighted by Gasteiger charge is -2.28. The summed E-state index contributed by atoms with van der Waals surface area (Å²) >= 11 is 0. The Morgan fingerprint density at radius 1 is 1.22 bits per heavy atom. The molecule has 0 spiro atoms. The van der Waals surface area contributed by atoms with Crippen LogP contribution in [0.4, 0.5) is 0 Å². The minimum atomic E-state index is 0.651. The molecular weight excluding hydrogens is 222 g/mol. The number of hydrogen-bond acceptors (Lipinski definition) is 2. The molecule has 2 heteroatoms. The van der Waals surface area contributed by atoms with Gasteiger partial charge in [-0.3, -0.25) is 0 Å². The van der Waals surface area contributed by atoms with Gasteiger partial charge in [0.15, 0.2) is 0 Å². The van der Waals surface area contributed by atoms with Gasteiger partial charge in [-0.05, 0) is 55.2 Å². The van der Waals surface area contributed by atoms with Crippen LogP contribution in [0.2, 0.25) is 0 Å². The lowest BCUT2D eigenvalue weighted by Crippen LogP contribution is -2.16. The highest BCUT2D eigenvalue weighted by molar-refractivity contribution is 5.33. The van der Waals surface area contributed by atoms with Gasteiger partial charge in [0.05, 0.1) is 24.5 Å². The maximum Gasteiger partial charge on any atom is 0.0991 e. The molecule has 0 heterocycles. The SMILES string of the molecule is C=COCC1CCC(c2ccc(C#N)cc2)CC1. The van der Waals surface area contributed by atoms with Gasteiger partial charge in [0.2, 0.25) is 0 Å². The summed E-state index contributed by atoms with van der Waals surface area (Å²) < 4.78 is 5.27. The first kappa shape index (κ1) is 12.7. The molecular formula is C16H19NO. The van der Waals surface area contributed by atoms with E-state index in [0.29, 0.717) is 11.8 Å². The Bertz CT molecular complexity index is 421. The second-order valence-corrected chi connectivity index (χ2v) is 4.95. The molecule has 0 atom stereocenters. The Hall–Kier alpha value is -1.75. The van der Waals surface area contributed by atoms with Crippen LogP contribution in [0.5, 0.6) is 0 Å². The largest absolute Gasteiger partial charge is 0.502 e. The number of benzene rings is 1. The molecule has 2 nitrogen and oxygen atoms in total. The third-order valence-electron chi connectivity index (χ3n) is 3.81. The molecule has 0 amide bonds. The summed E-state index contributed by atoms with van der Waals surface area (Å²) in [6, 6.07) is 10.2. The highest BCUT2D eigenvalue weighted by Crippen LogP contribution is 2.35. The van der Waals surface area contributed by atoms with E-state index in [1.165, 1.54) is 37.5 Å². The van der Waals surface area contributed by atoms with Crippen molar-refractivity contribution in [3.63, 3.8) is 0 Å². The van der Waals surface area contributed by atoms with Gasteiger partial charge in [-0.2, -0.15) is 5.26 Å². The van der Waals surface area contributed by atoms with E-state index < -0.39 is 0 Å². The summed E-state index contributed by atoms with van der Waals surface area (Å²) in [5, 5.41) is 8.78. The van der Waals surface area contributed by atoms with Crippen molar-refractivity contribution in [1.29, 1.82) is 5.26 Å². The van der Waals surface area contributed by atoms with Gasteiger partial charge in [0.25, 0.3) is 0 Å². The molecule has 1 fully saturated rings. The van der Waals surface area contributed by atoms with E-state index >= 15 is 0 Å². The lowest BCUT2D eigenvalue weighted by atomic mass is 9.79. The zero-order valence-electron chi connectivity index (χ0n) is 10.6. The first-order valence-electron chi connectivity index (χ1n) is 6.56. The summed E-state index contributed by atoms with van der Waals surface area (Å²) in [7, 11) is 0. The molecule has 0 saturated heterocycles. The minimum Gasteiger partial charge on any atom is -0.502 e. The van der Waals surface area contributed by atoms with E-state index in [1.807, 2.05) is 12.1 Å². The topological polar surface area (TPSA) is 33.0 Å². The van der Waals surface area contributed by atoms with E-state index in [0.717, 1.165) is 12.2 Å². The summed E-state index contributed by atoms with van der Waals surface area (Å²) in [6.07, 6.45) is 6.41. The number of hydrogen-bond donors (Lipinski definition) is 0. The molecule has 18 heavy (non-hydrogen) atoms. The van der Waals surface area contributed by atoms with E-state index in [9.17, 15) is 0 Å². The highest BCUT2D eigenvalue weighted by Gasteiger charge is 2.22. The number of ether oxygens (including phenoxy) is 1. The predicted octanol–water partition coefficient (Wildman–Crippen LogP) is 3.99. The predicted molar refractivity (Wildman–Crippen MR) is 72.0 cm³/mol. The quantitative estimate of drug-likeness (QED) is 0.747. The van der Waals surface area contributed by atoms with Crippen molar-refractivity contribution in [2.75, 3.05) is 6.61 Å². The fourth-order valence-corrected chi connectivity index (χ4v) is 2.70. The molecule has 0 aliphatic heterocycles. The van der Waals surface area contributed by atoms with Crippen molar-refractivity contribution in [3.05, 3.63) is 48.2 Å². The molecule has 2 rings (SSSR count). The number of nitrogens with zero attached hydrogens (tertiary/aromatic N) is 1.